The number of hydrogen-bond donors (Lipinski definition) is 0. The molecule has 0 spiro atoms. The molecule has 0 saturated carbocycles. The predicted octanol–water partition coefficient (Wildman–Crippen LogP) is 4.11. The molecule has 8 heteroatoms. The van der Waals surface area contributed by atoms with Crippen LogP contribution in [0.25, 0.3) is 21.6 Å². The number of aryl methyl sites for hydroxylation is 1. The first-order valence-electron chi connectivity index (χ1n) is 10.8. The lowest BCUT2D eigenvalue weighted by Crippen LogP contribution is -2.46. The van der Waals surface area contributed by atoms with Gasteiger partial charge in [-0.15, -0.1) is 11.3 Å². The molecule has 4 aromatic rings. The van der Waals surface area contributed by atoms with Gasteiger partial charge in [-0.3, -0.25) is 9.88 Å². The number of anilines is 1. The second kappa shape index (κ2) is 8.03. The molecule has 2 aliphatic rings. The molecule has 2 aliphatic heterocycles. The third-order valence-electron chi connectivity index (χ3n) is 5.93. The van der Waals surface area contributed by atoms with Gasteiger partial charge in [-0.1, -0.05) is 6.07 Å². The van der Waals surface area contributed by atoms with Gasteiger partial charge in [0.25, 0.3) is 0 Å². The molecule has 5 heterocycles. The lowest BCUT2D eigenvalue weighted by atomic mass is 10.1. The molecule has 6 rings (SSSR count). The molecule has 0 bridgehead atoms. The minimum Gasteiger partial charge on any atom is -0.454 e. The third kappa shape index (κ3) is 3.65. The van der Waals surface area contributed by atoms with E-state index in [0.717, 1.165) is 71.6 Å². The second-order valence-electron chi connectivity index (χ2n) is 8.14. The Balaban J connectivity index is 1.22. The Morgan fingerprint density at radius 2 is 1.88 bits per heavy atom. The Morgan fingerprint density at radius 1 is 1.00 bits per heavy atom. The topological polar surface area (TPSA) is 63.6 Å². The van der Waals surface area contributed by atoms with Gasteiger partial charge in [0.15, 0.2) is 17.3 Å². The van der Waals surface area contributed by atoms with Crippen LogP contribution in [0.15, 0.2) is 48.8 Å². The van der Waals surface area contributed by atoms with Crippen LogP contribution >= 0.6 is 11.3 Å². The van der Waals surface area contributed by atoms with Crippen molar-refractivity contribution in [2.24, 2.45) is 0 Å². The van der Waals surface area contributed by atoms with Crippen LogP contribution < -0.4 is 14.4 Å². The highest BCUT2D eigenvalue weighted by Crippen LogP contribution is 2.34. The van der Waals surface area contributed by atoms with Crippen molar-refractivity contribution >= 4 is 27.4 Å². The molecule has 0 atom stereocenters. The van der Waals surface area contributed by atoms with E-state index >= 15 is 0 Å². The highest BCUT2D eigenvalue weighted by molar-refractivity contribution is 7.18. The molecule has 0 unspecified atom stereocenters. The molecule has 1 aromatic carbocycles. The van der Waals surface area contributed by atoms with Gasteiger partial charge in [-0.25, -0.2) is 9.97 Å². The number of rotatable bonds is 4. The highest BCUT2D eigenvalue weighted by atomic mass is 32.1. The van der Waals surface area contributed by atoms with Crippen LogP contribution in [-0.4, -0.2) is 52.8 Å². The number of fused-ring (bicyclic) bond motifs is 2. The minimum atomic E-state index is 0.313. The van der Waals surface area contributed by atoms with Crippen molar-refractivity contribution in [3.05, 3.63) is 59.2 Å². The zero-order valence-corrected chi connectivity index (χ0v) is 18.6. The van der Waals surface area contributed by atoms with Crippen molar-refractivity contribution in [1.82, 2.24) is 19.9 Å². The maximum absolute atomic E-state index is 5.53. The monoisotopic (exact) mass is 445 g/mol. The van der Waals surface area contributed by atoms with Gasteiger partial charge in [0.1, 0.15) is 10.6 Å². The van der Waals surface area contributed by atoms with Crippen molar-refractivity contribution in [1.29, 1.82) is 0 Å². The highest BCUT2D eigenvalue weighted by Gasteiger charge is 2.23. The molecule has 1 fully saturated rings. The summed E-state index contributed by atoms with van der Waals surface area (Å²) in [6.45, 7) is 7.16. The molecule has 0 amide bonds. The van der Waals surface area contributed by atoms with Crippen LogP contribution in [-0.2, 0) is 6.54 Å². The summed E-state index contributed by atoms with van der Waals surface area (Å²) in [5.74, 6) is 3.45. The Labute approximate surface area is 190 Å². The fourth-order valence-electron chi connectivity index (χ4n) is 4.31. The Bertz CT molecular complexity index is 1270. The molecule has 1 saturated heterocycles. The summed E-state index contributed by atoms with van der Waals surface area (Å²) in [5, 5.41) is 1.14. The first kappa shape index (κ1) is 19.5. The number of benzene rings is 1. The van der Waals surface area contributed by atoms with Gasteiger partial charge >= 0.3 is 0 Å². The average Bonchev–Trinajstić information content (AvgIpc) is 3.44. The third-order valence-corrected chi connectivity index (χ3v) is 6.87. The van der Waals surface area contributed by atoms with E-state index in [-0.39, 0.29) is 0 Å². The van der Waals surface area contributed by atoms with Gasteiger partial charge in [-0.2, -0.15) is 0 Å². The second-order valence-corrected chi connectivity index (χ2v) is 9.37. The zero-order valence-electron chi connectivity index (χ0n) is 17.8. The fourth-order valence-corrected chi connectivity index (χ4v) is 5.18. The van der Waals surface area contributed by atoms with Gasteiger partial charge in [0, 0.05) is 55.6 Å². The van der Waals surface area contributed by atoms with E-state index in [1.165, 1.54) is 10.4 Å². The molecule has 0 N–H and O–H groups in total. The Morgan fingerprint density at radius 3 is 2.72 bits per heavy atom. The fraction of sp³-hybridized carbons (Fsp3) is 0.292. The summed E-state index contributed by atoms with van der Waals surface area (Å²) in [6.07, 6.45) is 3.60. The van der Waals surface area contributed by atoms with E-state index in [1.54, 1.807) is 17.5 Å². The lowest BCUT2D eigenvalue weighted by Gasteiger charge is -2.35. The standard InChI is InChI=1S/C24H23N5O2S/c1-16-11-19-23(26-22(27-24(19)32-16)18-3-2-6-25-13-18)29-9-7-28(8-10-29)14-17-4-5-20-21(12-17)31-15-30-20/h2-6,11-13H,7-10,14-15H2,1H3. The van der Waals surface area contributed by atoms with Crippen LogP contribution in [0.1, 0.15) is 10.4 Å². The normalized spacial score (nSPS) is 16.1. The summed E-state index contributed by atoms with van der Waals surface area (Å²) in [7, 11) is 0. The van der Waals surface area contributed by atoms with Crippen molar-refractivity contribution in [2.75, 3.05) is 37.9 Å². The summed E-state index contributed by atoms with van der Waals surface area (Å²) < 4.78 is 11.0. The van der Waals surface area contributed by atoms with E-state index in [9.17, 15) is 0 Å². The predicted molar refractivity (Wildman–Crippen MR) is 125 cm³/mol. The molecular formula is C24H23N5O2S. The van der Waals surface area contributed by atoms with Crippen LogP contribution in [0.3, 0.4) is 0 Å². The van der Waals surface area contributed by atoms with E-state index < -0.39 is 0 Å². The van der Waals surface area contributed by atoms with Gasteiger partial charge in [0.2, 0.25) is 6.79 Å². The molecule has 0 radical (unpaired) electrons. The smallest absolute Gasteiger partial charge is 0.231 e. The lowest BCUT2D eigenvalue weighted by molar-refractivity contribution is 0.174. The number of thiophene rings is 1. The number of hydrogen-bond acceptors (Lipinski definition) is 8. The number of ether oxygens (including phenoxy) is 2. The molecular weight excluding hydrogens is 422 g/mol. The zero-order chi connectivity index (χ0) is 21.5. The van der Waals surface area contributed by atoms with Crippen LogP contribution in [0.5, 0.6) is 11.5 Å². The quantitative estimate of drug-likeness (QED) is 0.468. The van der Waals surface area contributed by atoms with Crippen molar-refractivity contribution < 1.29 is 9.47 Å². The van der Waals surface area contributed by atoms with E-state index in [4.69, 9.17) is 19.4 Å². The van der Waals surface area contributed by atoms with Crippen molar-refractivity contribution in [3.63, 3.8) is 0 Å². The maximum atomic E-state index is 5.53. The molecule has 32 heavy (non-hydrogen) atoms. The van der Waals surface area contributed by atoms with Gasteiger partial charge < -0.3 is 14.4 Å². The van der Waals surface area contributed by atoms with Crippen molar-refractivity contribution in [3.8, 4) is 22.9 Å². The summed E-state index contributed by atoms with van der Waals surface area (Å²) in [4.78, 5) is 21.2. The van der Waals surface area contributed by atoms with Crippen molar-refractivity contribution in [2.45, 2.75) is 13.5 Å². The number of piperazine rings is 1. The minimum absolute atomic E-state index is 0.313. The summed E-state index contributed by atoms with van der Waals surface area (Å²) in [5.41, 5.74) is 2.20. The van der Waals surface area contributed by atoms with Crippen LogP contribution in [0, 0.1) is 6.92 Å². The number of pyridine rings is 1. The van der Waals surface area contributed by atoms with Crippen LogP contribution in [0.2, 0.25) is 0 Å². The van der Waals surface area contributed by atoms with Gasteiger partial charge in [0.05, 0.1) is 5.39 Å². The average molecular weight is 446 g/mol. The summed E-state index contributed by atoms with van der Waals surface area (Å²) >= 11 is 1.72. The molecule has 7 nitrogen and oxygen atoms in total. The first-order valence-corrected chi connectivity index (χ1v) is 11.6. The van der Waals surface area contributed by atoms with Crippen LogP contribution in [0.4, 0.5) is 5.82 Å². The molecule has 0 aliphatic carbocycles. The summed E-state index contributed by atoms with van der Waals surface area (Å²) in [6, 6.07) is 12.4. The Hall–Kier alpha value is -3.23. The molecule has 3 aromatic heterocycles. The Kier molecular flexibility index (Phi) is 4.88. The van der Waals surface area contributed by atoms with Gasteiger partial charge in [-0.05, 0) is 42.8 Å². The first-order chi connectivity index (χ1) is 15.7. The van der Waals surface area contributed by atoms with E-state index in [0.29, 0.717) is 6.79 Å². The maximum Gasteiger partial charge on any atom is 0.231 e. The SMILES string of the molecule is Cc1cc2c(N3CCN(Cc4ccc5c(c4)OCO5)CC3)nc(-c3cccnc3)nc2s1. The number of nitrogens with zero attached hydrogens (tertiary/aromatic N) is 5. The van der Waals surface area contributed by atoms with E-state index in [2.05, 4.69) is 39.9 Å². The largest absolute Gasteiger partial charge is 0.454 e. The van der Waals surface area contributed by atoms with E-state index in [1.807, 2.05) is 24.4 Å². The molecule has 162 valence electrons. The number of aromatic nitrogens is 3.